The van der Waals surface area contributed by atoms with Gasteiger partial charge in [-0.2, -0.15) is 0 Å². The minimum Gasteiger partial charge on any atom is -0.489 e. The molecule has 0 spiro atoms. The van der Waals surface area contributed by atoms with Gasteiger partial charge in [0.25, 0.3) is 0 Å². The first kappa shape index (κ1) is 17.6. The van der Waals surface area contributed by atoms with Crippen LogP contribution in [-0.2, 0) is 11.4 Å². The van der Waals surface area contributed by atoms with Crippen molar-refractivity contribution in [2.24, 2.45) is 4.99 Å². The first-order valence-electron chi connectivity index (χ1n) is 7.77. The molecule has 0 aliphatic carbocycles. The third-order valence-corrected chi connectivity index (χ3v) is 5.36. The Labute approximate surface area is 155 Å². The van der Waals surface area contributed by atoms with Crippen LogP contribution >= 0.6 is 23.5 Å². The van der Waals surface area contributed by atoms with E-state index in [1.54, 1.807) is 12.2 Å². The predicted molar refractivity (Wildman–Crippen MR) is 108 cm³/mol. The lowest BCUT2D eigenvalue weighted by Gasteiger charge is -2.06. The van der Waals surface area contributed by atoms with Crippen LogP contribution in [0.1, 0.15) is 11.1 Å². The Balaban J connectivity index is 1.63. The number of hydrogen-bond donors (Lipinski definition) is 0. The highest BCUT2D eigenvalue weighted by Gasteiger charge is 2.21. The average molecular weight is 367 g/mol. The summed E-state index contributed by atoms with van der Waals surface area (Å²) in [5.74, 6) is 1.55. The lowest BCUT2D eigenvalue weighted by atomic mass is 10.2. The smallest absolute Gasteiger partial charge is 0.244 e. The third-order valence-electron chi connectivity index (χ3n) is 3.36. The summed E-state index contributed by atoms with van der Waals surface area (Å²) in [7, 11) is 0. The highest BCUT2D eigenvalue weighted by molar-refractivity contribution is 8.45. The normalized spacial score (nSPS) is 15.3. The van der Waals surface area contributed by atoms with Gasteiger partial charge >= 0.3 is 0 Å². The predicted octanol–water partition coefficient (Wildman–Crippen LogP) is 5.16. The zero-order chi connectivity index (χ0) is 17.5. The van der Waals surface area contributed by atoms with Crippen molar-refractivity contribution in [2.45, 2.75) is 6.61 Å². The fourth-order valence-corrected chi connectivity index (χ4v) is 3.74. The largest absolute Gasteiger partial charge is 0.489 e. The monoisotopic (exact) mass is 367 g/mol. The Morgan fingerprint density at radius 1 is 1.12 bits per heavy atom. The number of aliphatic imine (C=N–C) groups is 1. The molecule has 0 unspecified atom stereocenters. The van der Waals surface area contributed by atoms with Crippen LogP contribution in [0.2, 0.25) is 0 Å². The van der Waals surface area contributed by atoms with E-state index in [1.165, 1.54) is 23.5 Å². The van der Waals surface area contributed by atoms with Gasteiger partial charge in [0.2, 0.25) is 5.12 Å². The van der Waals surface area contributed by atoms with Crippen LogP contribution in [0.5, 0.6) is 5.75 Å². The van der Waals surface area contributed by atoms with Crippen molar-refractivity contribution >= 4 is 39.1 Å². The molecular weight excluding hydrogens is 350 g/mol. The molecule has 2 aromatic carbocycles. The van der Waals surface area contributed by atoms with Gasteiger partial charge in [0.05, 0.1) is 0 Å². The van der Waals surface area contributed by atoms with Gasteiger partial charge in [-0.05, 0) is 41.1 Å². The second-order valence-corrected chi connectivity index (χ2v) is 7.47. The second-order valence-electron chi connectivity index (χ2n) is 5.24. The van der Waals surface area contributed by atoms with Crippen molar-refractivity contribution in [3.8, 4) is 5.75 Å². The maximum absolute atomic E-state index is 12.0. The first-order valence-corrected chi connectivity index (χ1v) is 9.58. The van der Waals surface area contributed by atoms with Crippen molar-refractivity contribution in [3.05, 3.63) is 84.1 Å². The Kier molecular flexibility index (Phi) is 6.14. The number of hydrogen-bond acceptors (Lipinski definition) is 5. The van der Waals surface area contributed by atoms with E-state index in [0.717, 1.165) is 27.0 Å². The van der Waals surface area contributed by atoms with Crippen LogP contribution < -0.4 is 4.74 Å². The number of carbonyl (C=O) groups is 1. The van der Waals surface area contributed by atoms with Gasteiger partial charge in [0, 0.05) is 5.75 Å². The maximum Gasteiger partial charge on any atom is 0.244 e. The van der Waals surface area contributed by atoms with Gasteiger partial charge in [0.1, 0.15) is 22.4 Å². The second kappa shape index (κ2) is 8.74. The molecule has 3 rings (SSSR count). The number of benzene rings is 2. The van der Waals surface area contributed by atoms with Crippen molar-refractivity contribution in [1.29, 1.82) is 0 Å². The van der Waals surface area contributed by atoms with Crippen molar-refractivity contribution < 1.29 is 9.53 Å². The average Bonchev–Trinajstić information content (AvgIpc) is 3.00. The Hall–Kier alpha value is -2.24. The van der Waals surface area contributed by atoms with Gasteiger partial charge in [-0.3, -0.25) is 4.79 Å². The van der Waals surface area contributed by atoms with Crippen molar-refractivity contribution in [2.75, 3.05) is 5.75 Å². The van der Waals surface area contributed by atoms with Crippen LogP contribution in [0.4, 0.5) is 0 Å². The molecular formula is C20H17NO2S2. The number of thioether (sulfide) groups is 2. The van der Waals surface area contributed by atoms with Gasteiger partial charge in [-0.1, -0.05) is 60.3 Å². The minimum absolute atomic E-state index is 0.0176. The van der Waals surface area contributed by atoms with Crippen LogP contribution in [-0.4, -0.2) is 15.2 Å². The Bertz CT molecular complexity index is 811. The molecule has 5 heteroatoms. The standard InChI is InChI=1S/C20H17NO2S2/c1-2-12-24-20-21-18(19(22)25-20)13-15-8-10-17(11-9-15)23-14-16-6-4-3-5-7-16/h2-11,13H,1,12,14H2/b18-13+. The van der Waals surface area contributed by atoms with Gasteiger partial charge in [-0.25, -0.2) is 4.99 Å². The van der Waals surface area contributed by atoms with Crippen LogP contribution in [0.15, 0.2) is 77.9 Å². The zero-order valence-electron chi connectivity index (χ0n) is 13.6. The molecule has 0 saturated heterocycles. The number of rotatable bonds is 6. The van der Waals surface area contributed by atoms with E-state index in [9.17, 15) is 4.79 Å². The van der Waals surface area contributed by atoms with Gasteiger partial charge in [0.15, 0.2) is 0 Å². The topological polar surface area (TPSA) is 38.7 Å². The number of ether oxygens (including phenoxy) is 1. The molecule has 0 N–H and O–H groups in total. The van der Waals surface area contributed by atoms with Crippen LogP contribution in [0.25, 0.3) is 6.08 Å². The van der Waals surface area contributed by atoms with Crippen LogP contribution in [0, 0.1) is 0 Å². The summed E-state index contributed by atoms with van der Waals surface area (Å²) in [6.45, 7) is 4.21. The van der Waals surface area contributed by atoms with Gasteiger partial charge < -0.3 is 4.74 Å². The molecule has 126 valence electrons. The quantitative estimate of drug-likeness (QED) is 0.522. The SMILES string of the molecule is C=CCSC1=N/C(=C/c2ccc(OCc3ccccc3)cc2)C(=O)S1. The van der Waals surface area contributed by atoms with E-state index in [0.29, 0.717) is 12.3 Å². The molecule has 0 radical (unpaired) electrons. The highest BCUT2D eigenvalue weighted by atomic mass is 32.2. The summed E-state index contributed by atoms with van der Waals surface area (Å²) in [5.41, 5.74) is 2.53. The summed E-state index contributed by atoms with van der Waals surface area (Å²) in [6, 6.07) is 17.7. The number of carbonyl (C=O) groups excluding carboxylic acids is 1. The number of nitrogens with zero attached hydrogens (tertiary/aromatic N) is 1. The van der Waals surface area contributed by atoms with Gasteiger partial charge in [-0.15, -0.1) is 6.58 Å². The molecule has 25 heavy (non-hydrogen) atoms. The fourth-order valence-electron chi connectivity index (χ4n) is 2.14. The summed E-state index contributed by atoms with van der Waals surface area (Å²) in [5, 5.41) is -0.0176. The van der Waals surface area contributed by atoms with Crippen molar-refractivity contribution in [1.82, 2.24) is 0 Å². The maximum atomic E-state index is 12.0. The van der Waals surface area contributed by atoms with E-state index in [-0.39, 0.29) is 5.12 Å². The Morgan fingerprint density at radius 2 is 1.88 bits per heavy atom. The molecule has 1 aliphatic rings. The summed E-state index contributed by atoms with van der Waals surface area (Å²) < 4.78 is 6.54. The van der Waals surface area contributed by atoms with E-state index in [2.05, 4.69) is 11.6 Å². The molecule has 0 aromatic heterocycles. The molecule has 0 fully saturated rings. The lowest BCUT2D eigenvalue weighted by Crippen LogP contribution is -1.94. The summed E-state index contributed by atoms with van der Waals surface area (Å²) in [6.07, 6.45) is 3.60. The van der Waals surface area contributed by atoms with E-state index in [4.69, 9.17) is 4.74 Å². The molecule has 3 nitrogen and oxygen atoms in total. The highest BCUT2D eigenvalue weighted by Crippen LogP contribution is 2.31. The van der Waals surface area contributed by atoms with E-state index >= 15 is 0 Å². The molecule has 2 aromatic rings. The molecule has 1 aliphatic heterocycles. The van der Waals surface area contributed by atoms with Crippen molar-refractivity contribution in [3.63, 3.8) is 0 Å². The minimum atomic E-state index is -0.0176. The lowest BCUT2D eigenvalue weighted by molar-refractivity contribution is -0.107. The van der Waals surface area contributed by atoms with E-state index < -0.39 is 0 Å². The molecule has 0 atom stereocenters. The summed E-state index contributed by atoms with van der Waals surface area (Å²) in [4.78, 5) is 16.4. The summed E-state index contributed by atoms with van der Waals surface area (Å²) >= 11 is 2.70. The Morgan fingerprint density at radius 3 is 2.60 bits per heavy atom. The van der Waals surface area contributed by atoms with E-state index in [1.807, 2.05) is 54.6 Å². The fraction of sp³-hybridized carbons (Fsp3) is 0.100. The first-order chi connectivity index (χ1) is 12.2. The third kappa shape index (κ3) is 5.11. The molecule has 0 saturated carbocycles. The molecule has 0 amide bonds. The van der Waals surface area contributed by atoms with Crippen LogP contribution in [0.3, 0.4) is 0 Å². The molecule has 1 heterocycles. The zero-order valence-corrected chi connectivity index (χ0v) is 15.2. The molecule has 0 bridgehead atoms.